The number of hydrogen-bond donors (Lipinski definition) is 3. The summed E-state index contributed by atoms with van der Waals surface area (Å²) in [5, 5.41) is 11.9. The molecule has 0 saturated heterocycles. The molecule has 0 aromatic carbocycles. The Balaban J connectivity index is 4.43. The van der Waals surface area contributed by atoms with Gasteiger partial charge in [0, 0.05) is 12.8 Å². The van der Waals surface area contributed by atoms with Crippen LogP contribution in [0.3, 0.4) is 0 Å². The van der Waals surface area contributed by atoms with E-state index in [1.165, 1.54) is 19.3 Å². The number of rotatable bonds is 31. The number of esters is 1. The number of nitrogens with two attached hydrogens (primary N) is 1. The van der Waals surface area contributed by atoms with Gasteiger partial charge in [0.25, 0.3) is 0 Å². The van der Waals surface area contributed by atoms with Crippen molar-refractivity contribution in [2.75, 3.05) is 6.54 Å². The molecule has 0 fully saturated rings. The van der Waals surface area contributed by atoms with E-state index < -0.39 is 12.0 Å². The predicted octanol–water partition coefficient (Wildman–Crippen LogP) is 9.44. The maximum Gasteiger partial charge on any atom is 0.326 e. The molecular weight excluding hydrogens is 576 g/mol. The van der Waals surface area contributed by atoms with Gasteiger partial charge in [-0.15, -0.1) is 0 Å². The lowest BCUT2D eigenvalue weighted by atomic mass is 10.1. The molecule has 4 N–H and O–H groups in total. The van der Waals surface area contributed by atoms with Crippen molar-refractivity contribution in [3.63, 3.8) is 0 Å². The summed E-state index contributed by atoms with van der Waals surface area (Å²) in [6.07, 6.45) is 39.9. The van der Waals surface area contributed by atoms with Crippen molar-refractivity contribution in [2.24, 2.45) is 5.73 Å². The fourth-order valence-electron chi connectivity index (χ4n) is 4.83. The smallest absolute Gasteiger partial charge is 0.326 e. The molecule has 7 heteroatoms. The Morgan fingerprint density at radius 1 is 0.674 bits per heavy atom. The highest BCUT2D eigenvalue weighted by Gasteiger charge is 2.18. The molecule has 1 amide bonds. The second kappa shape index (κ2) is 33.4. The van der Waals surface area contributed by atoms with E-state index in [1.807, 2.05) is 6.08 Å². The molecule has 0 aliphatic carbocycles. The van der Waals surface area contributed by atoms with Crippen molar-refractivity contribution < 1.29 is 24.2 Å². The predicted molar refractivity (Wildman–Crippen MR) is 193 cm³/mol. The van der Waals surface area contributed by atoms with Gasteiger partial charge in [-0.3, -0.25) is 9.59 Å². The Labute approximate surface area is 280 Å². The van der Waals surface area contributed by atoms with Crippen LogP contribution in [0.1, 0.15) is 149 Å². The fourth-order valence-corrected chi connectivity index (χ4v) is 4.83. The van der Waals surface area contributed by atoms with Crippen LogP contribution in [0.4, 0.5) is 0 Å². The van der Waals surface area contributed by atoms with Crippen LogP contribution in [-0.4, -0.2) is 41.6 Å². The Hall–Kier alpha value is -2.93. The number of allylic oxidation sites excluding steroid dienone is 9. The first-order valence-electron chi connectivity index (χ1n) is 18.1. The van der Waals surface area contributed by atoms with E-state index in [0.717, 1.165) is 83.5 Å². The number of carbonyl (C=O) groups is 3. The van der Waals surface area contributed by atoms with Gasteiger partial charge in [0.15, 0.2) is 0 Å². The van der Waals surface area contributed by atoms with Crippen LogP contribution in [0, 0.1) is 0 Å². The van der Waals surface area contributed by atoms with Crippen LogP contribution in [0.25, 0.3) is 0 Å². The van der Waals surface area contributed by atoms with Gasteiger partial charge in [-0.25, -0.2) is 4.79 Å². The standard InChI is InChI=1S/C39H66N2O5/c1-3-5-7-9-11-13-14-15-16-17-19-21-27-33-38(43)46-35(29-24-20-18-12-10-8-6-4-2)30-25-22-23-26-32-37(42)41-36(39(44)45)31-28-34-40/h6-9,12-14,18,24,29,35-36H,3-5,10-11,15-17,19-23,25-28,30-34,40H2,1-2H3,(H,41,42)(H,44,45)/b8-6-,9-7-,14-13-,18-12-,29-24-. The molecule has 0 heterocycles. The quantitative estimate of drug-likeness (QED) is 0.0394. The Bertz CT molecular complexity index is 906. The number of carbonyl (C=O) groups excluding carboxylic acids is 2. The summed E-state index contributed by atoms with van der Waals surface area (Å²) in [5.41, 5.74) is 5.46. The molecule has 0 aromatic rings. The van der Waals surface area contributed by atoms with Gasteiger partial charge in [0.1, 0.15) is 12.1 Å². The topological polar surface area (TPSA) is 119 Å². The zero-order valence-corrected chi connectivity index (χ0v) is 29.1. The average Bonchev–Trinajstić information content (AvgIpc) is 3.04. The number of ether oxygens (including phenoxy) is 1. The number of unbranched alkanes of at least 4 members (excludes halogenated alkanes) is 9. The largest absolute Gasteiger partial charge is 0.480 e. The van der Waals surface area contributed by atoms with E-state index in [4.69, 9.17) is 10.5 Å². The fraction of sp³-hybridized carbons (Fsp3) is 0.667. The molecule has 46 heavy (non-hydrogen) atoms. The van der Waals surface area contributed by atoms with Crippen molar-refractivity contribution in [3.05, 3.63) is 60.8 Å². The molecule has 0 spiro atoms. The zero-order chi connectivity index (χ0) is 33.9. The van der Waals surface area contributed by atoms with Crippen molar-refractivity contribution in [1.29, 1.82) is 0 Å². The first-order valence-corrected chi connectivity index (χ1v) is 18.1. The zero-order valence-electron chi connectivity index (χ0n) is 29.1. The monoisotopic (exact) mass is 642 g/mol. The SMILES string of the molecule is CC/C=C\C/C=C\C/C=C\C(CCCCCCC(=O)NC(CCCN)C(=O)O)OC(=O)CCCCCCC/C=C\C/C=C\CCC. The van der Waals surface area contributed by atoms with Crippen molar-refractivity contribution in [2.45, 2.75) is 161 Å². The lowest BCUT2D eigenvalue weighted by Crippen LogP contribution is -2.40. The number of amides is 1. The summed E-state index contributed by atoms with van der Waals surface area (Å²) < 4.78 is 5.86. The maximum atomic E-state index is 12.6. The van der Waals surface area contributed by atoms with Crippen LogP contribution in [-0.2, 0) is 19.1 Å². The first-order chi connectivity index (χ1) is 22.4. The summed E-state index contributed by atoms with van der Waals surface area (Å²) in [7, 11) is 0. The number of carboxylic acid groups (broad SMARTS) is 1. The Morgan fingerprint density at radius 2 is 1.26 bits per heavy atom. The molecular formula is C39H66N2O5. The number of carboxylic acids is 1. The highest BCUT2D eigenvalue weighted by Crippen LogP contribution is 2.14. The molecule has 0 aliphatic rings. The summed E-state index contributed by atoms with van der Waals surface area (Å²) >= 11 is 0. The average molecular weight is 643 g/mol. The molecule has 2 unspecified atom stereocenters. The van der Waals surface area contributed by atoms with Gasteiger partial charge in [-0.05, 0) is 96.1 Å². The van der Waals surface area contributed by atoms with E-state index in [0.29, 0.717) is 38.6 Å². The molecule has 0 saturated carbocycles. The third-order valence-corrected chi connectivity index (χ3v) is 7.53. The van der Waals surface area contributed by atoms with Crippen LogP contribution in [0.15, 0.2) is 60.8 Å². The summed E-state index contributed by atoms with van der Waals surface area (Å²) in [6.45, 7) is 4.71. The molecule has 0 aliphatic heterocycles. The van der Waals surface area contributed by atoms with Crippen molar-refractivity contribution in [3.8, 4) is 0 Å². The summed E-state index contributed by atoms with van der Waals surface area (Å²) in [6, 6.07) is -0.879. The minimum Gasteiger partial charge on any atom is -0.480 e. The van der Waals surface area contributed by atoms with E-state index in [-0.39, 0.29) is 18.0 Å². The lowest BCUT2D eigenvalue weighted by molar-refractivity contribution is -0.147. The number of aliphatic carboxylic acids is 1. The van der Waals surface area contributed by atoms with Crippen molar-refractivity contribution in [1.82, 2.24) is 5.32 Å². The molecule has 0 aromatic heterocycles. The minimum absolute atomic E-state index is 0.131. The van der Waals surface area contributed by atoms with Gasteiger partial charge in [0.2, 0.25) is 5.91 Å². The van der Waals surface area contributed by atoms with Gasteiger partial charge in [-0.2, -0.15) is 0 Å². The van der Waals surface area contributed by atoms with Crippen molar-refractivity contribution >= 4 is 17.8 Å². The molecule has 7 nitrogen and oxygen atoms in total. The third-order valence-electron chi connectivity index (χ3n) is 7.53. The highest BCUT2D eigenvalue weighted by molar-refractivity contribution is 5.83. The number of hydrogen-bond acceptors (Lipinski definition) is 5. The Kier molecular flexibility index (Phi) is 31.3. The van der Waals surface area contributed by atoms with E-state index in [9.17, 15) is 19.5 Å². The van der Waals surface area contributed by atoms with E-state index >= 15 is 0 Å². The van der Waals surface area contributed by atoms with Crippen LogP contribution < -0.4 is 11.1 Å². The van der Waals surface area contributed by atoms with Gasteiger partial charge in [-0.1, -0.05) is 107 Å². The maximum absolute atomic E-state index is 12.6. The van der Waals surface area contributed by atoms with E-state index in [2.05, 4.69) is 73.8 Å². The molecule has 0 rings (SSSR count). The normalized spacial score (nSPS) is 13.5. The molecule has 0 radical (unpaired) electrons. The third kappa shape index (κ3) is 29.8. The summed E-state index contributed by atoms with van der Waals surface area (Å²) in [4.78, 5) is 36.1. The first kappa shape index (κ1) is 43.1. The lowest BCUT2D eigenvalue weighted by Gasteiger charge is -2.15. The highest BCUT2D eigenvalue weighted by atomic mass is 16.5. The van der Waals surface area contributed by atoms with E-state index in [1.54, 1.807) is 0 Å². The van der Waals surface area contributed by atoms with Gasteiger partial charge < -0.3 is 20.9 Å². The molecule has 262 valence electrons. The molecule has 0 bridgehead atoms. The van der Waals surface area contributed by atoms with Crippen LogP contribution in [0.5, 0.6) is 0 Å². The second-order valence-electron chi connectivity index (χ2n) is 11.9. The van der Waals surface area contributed by atoms with Gasteiger partial charge >= 0.3 is 11.9 Å². The van der Waals surface area contributed by atoms with Crippen LogP contribution >= 0.6 is 0 Å². The summed E-state index contributed by atoms with van der Waals surface area (Å²) in [5.74, 6) is -1.39. The van der Waals surface area contributed by atoms with Crippen LogP contribution in [0.2, 0.25) is 0 Å². The van der Waals surface area contributed by atoms with Gasteiger partial charge in [0.05, 0.1) is 0 Å². The Morgan fingerprint density at radius 3 is 1.93 bits per heavy atom. The minimum atomic E-state index is -1.02. The second-order valence-corrected chi connectivity index (χ2v) is 11.9. The molecule has 2 atom stereocenters. The number of nitrogens with one attached hydrogen (secondary N) is 1.